The molecule has 0 fully saturated rings. The molecule has 0 spiro atoms. The number of hydrogen-bond acceptors (Lipinski definition) is 2. The fraction of sp³-hybridized carbons (Fsp3) is 0.286. The van der Waals surface area contributed by atoms with Crippen LogP contribution in [0.2, 0.25) is 4.34 Å². The Bertz CT molecular complexity index is 269. The van der Waals surface area contributed by atoms with E-state index in [0.29, 0.717) is 4.34 Å². The third kappa shape index (κ3) is 1.94. The van der Waals surface area contributed by atoms with E-state index in [4.69, 9.17) is 16.7 Å². The van der Waals surface area contributed by atoms with Crippen LogP contribution < -0.4 is 0 Å². The standard InChI is InChI=1S/C7H7ClO2S/c1-4(7(9)10)5-2-3-6(8)11-5/h2-4H,1H3,(H,9,10). The van der Waals surface area contributed by atoms with Gasteiger partial charge in [-0.2, -0.15) is 0 Å². The summed E-state index contributed by atoms with van der Waals surface area (Å²) in [6, 6.07) is 3.45. The Hall–Kier alpha value is -0.540. The number of aliphatic carboxylic acids is 1. The van der Waals surface area contributed by atoms with Gasteiger partial charge in [-0.15, -0.1) is 11.3 Å². The van der Waals surface area contributed by atoms with Crippen LogP contribution in [0.4, 0.5) is 0 Å². The maximum Gasteiger partial charge on any atom is 0.311 e. The lowest BCUT2D eigenvalue weighted by atomic mass is 10.1. The minimum absolute atomic E-state index is 0.451. The van der Waals surface area contributed by atoms with Gasteiger partial charge in [0.1, 0.15) is 0 Å². The molecule has 0 saturated carbocycles. The van der Waals surface area contributed by atoms with Crippen LogP contribution in [-0.4, -0.2) is 11.1 Å². The third-order valence-electron chi connectivity index (χ3n) is 1.39. The lowest BCUT2D eigenvalue weighted by molar-refractivity contribution is -0.138. The molecule has 4 heteroatoms. The highest BCUT2D eigenvalue weighted by Crippen LogP contribution is 2.27. The summed E-state index contributed by atoms with van der Waals surface area (Å²) >= 11 is 6.94. The number of carboxylic acids is 1. The van der Waals surface area contributed by atoms with Crippen molar-refractivity contribution >= 4 is 28.9 Å². The van der Waals surface area contributed by atoms with Crippen LogP contribution in [0.1, 0.15) is 17.7 Å². The zero-order valence-electron chi connectivity index (χ0n) is 5.87. The average molecular weight is 191 g/mol. The Morgan fingerprint density at radius 2 is 2.36 bits per heavy atom. The molecule has 1 rings (SSSR count). The summed E-state index contributed by atoms with van der Waals surface area (Å²) in [5, 5.41) is 8.61. The Kier molecular flexibility index (Phi) is 2.52. The lowest BCUT2D eigenvalue weighted by Crippen LogP contribution is -2.04. The molecule has 1 unspecified atom stereocenters. The maximum atomic E-state index is 10.5. The summed E-state index contributed by atoms with van der Waals surface area (Å²) in [6.07, 6.45) is 0. The SMILES string of the molecule is CC(C(=O)O)c1ccc(Cl)s1. The van der Waals surface area contributed by atoms with E-state index in [-0.39, 0.29) is 0 Å². The molecule has 1 aromatic rings. The van der Waals surface area contributed by atoms with Crippen molar-refractivity contribution in [3.63, 3.8) is 0 Å². The molecule has 0 aliphatic heterocycles. The lowest BCUT2D eigenvalue weighted by Gasteiger charge is -1.99. The molecule has 0 bridgehead atoms. The number of carboxylic acid groups (broad SMARTS) is 1. The van der Waals surface area contributed by atoms with Crippen molar-refractivity contribution in [3.05, 3.63) is 21.3 Å². The highest BCUT2D eigenvalue weighted by atomic mass is 35.5. The van der Waals surface area contributed by atoms with Crippen LogP contribution in [0, 0.1) is 0 Å². The second-order valence-corrected chi connectivity index (χ2v) is 3.95. The van der Waals surface area contributed by atoms with Gasteiger partial charge >= 0.3 is 5.97 Å². The summed E-state index contributed by atoms with van der Waals surface area (Å²) in [6.45, 7) is 1.64. The molecular formula is C7H7ClO2S. The molecule has 11 heavy (non-hydrogen) atoms. The second-order valence-electron chi connectivity index (χ2n) is 2.20. The van der Waals surface area contributed by atoms with Crippen molar-refractivity contribution in [2.24, 2.45) is 0 Å². The van der Waals surface area contributed by atoms with Gasteiger partial charge in [0.25, 0.3) is 0 Å². The molecule has 2 nitrogen and oxygen atoms in total. The van der Waals surface area contributed by atoms with E-state index in [9.17, 15) is 4.79 Å². The first-order valence-corrected chi connectivity index (χ1v) is 4.28. The first-order valence-electron chi connectivity index (χ1n) is 3.09. The summed E-state index contributed by atoms with van der Waals surface area (Å²) in [5.74, 6) is -1.27. The van der Waals surface area contributed by atoms with Gasteiger partial charge in [-0.1, -0.05) is 11.6 Å². The highest BCUT2D eigenvalue weighted by molar-refractivity contribution is 7.16. The van der Waals surface area contributed by atoms with Gasteiger partial charge in [-0.05, 0) is 19.1 Å². The molecule has 1 N–H and O–H groups in total. The summed E-state index contributed by atoms with van der Waals surface area (Å²) in [7, 11) is 0. The van der Waals surface area contributed by atoms with Crippen molar-refractivity contribution in [3.8, 4) is 0 Å². The third-order valence-corrected chi connectivity index (χ3v) is 2.81. The van der Waals surface area contributed by atoms with Gasteiger partial charge in [0.15, 0.2) is 0 Å². The minimum Gasteiger partial charge on any atom is -0.481 e. The number of carbonyl (C=O) groups is 1. The van der Waals surface area contributed by atoms with E-state index in [2.05, 4.69) is 0 Å². The van der Waals surface area contributed by atoms with Gasteiger partial charge in [-0.3, -0.25) is 4.79 Å². The van der Waals surface area contributed by atoms with Crippen molar-refractivity contribution < 1.29 is 9.90 Å². The Morgan fingerprint density at radius 3 is 2.73 bits per heavy atom. The van der Waals surface area contributed by atoms with E-state index >= 15 is 0 Å². The molecule has 0 amide bonds. The van der Waals surface area contributed by atoms with Crippen LogP contribution in [0.5, 0.6) is 0 Å². The summed E-state index contributed by atoms with van der Waals surface area (Å²) < 4.78 is 0.633. The molecule has 0 saturated heterocycles. The van der Waals surface area contributed by atoms with Crippen LogP contribution in [0.3, 0.4) is 0 Å². The number of rotatable bonds is 2. The van der Waals surface area contributed by atoms with Crippen LogP contribution in [0.15, 0.2) is 12.1 Å². The Morgan fingerprint density at radius 1 is 1.73 bits per heavy atom. The Labute approximate surface area is 73.4 Å². The van der Waals surface area contributed by atoms with Crippen LogP contribution >= 0.6 is 22.9 Å². The predicted octanol–water partition coefficient (Wildman–Crippen LogP) is 2.59. The molecule has 1 heterocycles. The first-order chi connectivity index (χ1) is 5.11. The fourth-order valence-corrected chi connectivity index (χ4v) is 1.79. The van der Waals surface area contributed by atoms with Crippen molar-refractivity contribution in [1.82, 2.24) is 0 Å². The molecule has 60 valence electrons. The van der Waals surface area contributed by atoms with Gasteiger partial charge in [0.05, 0.1) is 10.3 Å². The molecular weight excluding hydrogens is 184 g/mol. The molecule has 0 radical (unpaired) electrons. The van der Waals surface area contributed by atoms with E-state index in [0.717, 1.165) is 4.88 Å². The number of hydrogen-bond donors (Lipinski definition) is 1. The molecule has 0 aliphatic carbocycles. The van der Waals surface area contributed by atoms with Crippen molar-refractivity contribution in [2.45, 2.75) is 12.8 Å². The topological polar surface area (TPSA) is 37.3 Å². The van der Waals surface area contributed by atoms with E-state index in [1.807, 2.05) is 0 Å². The van der Waals surface area contributed by atoms with Gasteiger partial charge in [-0.25, -0.2) is 0 Å². The zero-order valence-corrected chi connectivity index (χ0v) is 7.45. The predicted molar refractivity (Wildman–Crippen MR) is 45.4 cm³/mol. The first kappa shape index (κ1) is 8.56. The maximum absolute atomic E-state index is 10.5. The Balaban J connectivity index is 2.84. The van der Waals surface area contributed by atoms with Gasteiger partial charge in [0, 0.05) is 4.88 Å². The van der Waals surface area contributed by atoms with Crippen molar-refractivity contribution in [1.29, 1.82) is 0 Å². The molecule has 0 aliphatic rings. The highest BCUT2D eigenvalue weighted by Gasteiger charge is 2.14. The quantitative estimate of drug-likeness (QED) is 0.779. The van der Waals surface area contributed by atoms with Crippen LogP contribution in [-0.2, 0) is 4.79 Å². The van der Waals surface area contributed by atoms with E-state index in [1.165, 1.54) is 11.3 Å². The second kappa shape index (κ2) is 3.24. The zero-order chi connectivity index (χ0) is 8.43. The van der Waals surface area contributed by atoms with Crippen LogP contribution in [0.25, 0.3) is 0 Å². The average Bonchev–Trinajstić information content (AvgIpc) is 2.34. The van der Waals surface area contributed by atoms with E-state index in [1.54, 1.807) is 19.1 Å². The summed E-state index contributed by atoms with van der Waals surface area (Å²) in [4.78, 5) is 11.3. The molecule has 0 aromatic carbocycles. The monoisotopic (exact) mass is 190 g/mol. The number of halogens is 1. The summed E-state index contributed by atoms with van der Waals surface area (Å²) in [5.41, 5.74) is 0. The fourth-order valence-electron chi connectivity index (χ4n) is 0.683. The largest absolute Gasteiger partial charge is 0.481 e. The van der Waals surface area contributed by atoms with Gasteiger partial charge < -0.3 is 5.11 Å². The van der Waals surface area contributed by atoms with Crippen molar-refractivity contribution in [2.75, 3.05) is 0 Å². The van der Waals surface area contributed by atoms with E-state index < -0.39 is 11.9 Å². The smallest absolute Gasteiger partial charge is 0.311 e. The molecule has 1 atom stereocenters. The molecule has 1 aromatic heterocycles. The normalized spacial score (nSPS) is 12.9. The number of thiophene rings is 1. The minimum atomic E-state index is -0.816. The van der Waals surface area contributed by atoms with Gasteiger partial charge in [0.2, 0.25) is 0 Å².